The molecule has 1 spiro atoms. The summed E-state index contributed by atoms with van der Waals surface area (Å²) in [5, 5.41) is 13.1. The summed E-state index contributed by atoms with van der Waals surface area (Å²) >= 11 is 3.39. The predicted molar refractivity (Wildman–Crippen MR) is 123 cm³/mol. The normalized spacial score (nSPS) is 23.8. The molecule has 7 nitrogen and oxygen atoms in total. The Morgan fingerprint density at radius 1 is 1.19 bits per heavy atom. The number of amides is 1. The number of carbonyl (C=O) groups excluding carboxylic acids is 2. The topological polar surface area (TPSA) is 112 Å². The van der Waals surface area contributed by atoms with E-state index in [0.29, 0.717) is 34.8 Å². The SMILES string of the molecule is CC1(C)CC(=O)C2=C(C1)N(c1ccc(Br)cn1)C(N)=C(C#N)[C@]21C(=O)Nc2ccccc21. The van der Waals surface area contributed by atoms with Gasteiger partial charge in [0.1, 0.15) is 23.1 Å². The van der Waals surface area contributed by atoms with Crippen molar-refractivity contribution in [3.63, 3.8) is 0 Å². The van der Waals surface area contributed by atoms with Crippen LogP contribution in [-0.4, -0.2) is 16.7 Å². The minimum Gasteiger partial charge on any atom is -0.384 e. The number of carbonyl (C=O) groups is 2. The van der Waals surface area contributed by atoms with Crippen molar-refractivity contribution in [1.29, 1.82) is 5.26 Å². The summed E-state index contributed by atoms with van der Waals surface area (Å²) < 4.78 is 0.788. The lowest BCUT2D eigenvalue weighted by atomic mass is 9.61. The number of halogens is 1. The van der Waals surface area contributed by atoms with Crippen molar-refractivity contribution >= 4 is 39.1 Å². The molecule has 1 atom stereocenters. The smallest absolute Gasteiger partial charge is 0.245 e. The van der Waals surface area contributed by atoms with Crippen LogP contribution in [0, 0.1) is 16.7 Å². The van der Waals surface area contributed by atoms with Gasteiger partial charge in [0.15, 0.2) is 5.78 Å². The summed E-state index contributed by atoms with van der Waals surface area (Å²) in [7, 11) is 0. The second kappa shape index (κ2) is 6.78. The number of nitrogens with two attached hydrogens (primary N) is 1. The van der Waals surface area contributed by atoms with Crippen LogP contribution < -0.4 is 16.0 Å². The maximum atomic E-state index is 13.7. The van der Waals surface area contributed by atoms with E-state index in [2.05, 4.69) is 32.3 Å². The first-order chi connectivity index (χ1) is 15.2. The average molecular weight is 490 g/mol. The van der Waals surface area contributed by atoms with Gasteiger partial charge >= 0.3 is 0 Å². The third-order valence-electron chi connectivity index (χ3n) is 6.34. The van der Waals surface area contributed by atoms with E-state index in [4.69, 9.17) is 5.73 Å². The van der Waals surface area contributed by atoms with Gasteiger partial charge in [0.05, 0.1) is 5.57 Å². The molecular formula is C24H20BrN5O2. The van der Waals surface area contributed by atoms with E-state index in [0.717, 1.165) is 4.47 Å². The second-order valence-electron chi connectivity index (χ2n) is 9.05. The zero-order valence-corrected chi connectivity index (χ0v) is 19.2. The fraction of sp³-hybridized carbons (Fsp3) is 0.250. The van der Waals surface area contributed by atoms with Gasteiger partial charge in [-0.25, -0.2) is 4.98 Å². The quantitative estimate of drug-likeness (QED) is 0.628. The van der Waals surface area contributed by atoms with Crippen molar-refractivity contribution in [1.82, 2.24) is 4.98 Å². The van der Waals surface area contributed by atoms with Gasteiger partial charge in [-0.15, -0.1) is 0 Å². The molecule has 0 radical (unpaired) electrons. The van der Waals surface area contributed by atoms with Gasteiger partial charge < -0.3 is 11.1 Å². The van der Waals surface area contributed by atoms with Crippen molar-refractivity contribution in [3.8, 4) is 6.07 Å². The summed E-state index contributed by atoms with van der Waals surface area (Å²) in [4.78, 5) is 33.4. The lowest BCUT2D eigenvalue weighted by molar-refractivity contribution is -0.123. The number of allylic oxidation sites excluding steroid dienone is 1. The Bertz CT molecular complexity index is 1300. The third-order valence-corrected chi connectivity index (χ3v) is 6.81. The molecule has 1 amide bonds. The number of nitriles is 1. The Balaban J connectivity index is 1.89. The summed E-state index contributed by atoms with van der Waals surface area (Å²) in [6.07, 6.45) is 2.40. The molecule has 0 unspecified atom stereocenters. The van der Waals surface area contributed by atoms with E-state index in [1.165, 1.54) is 0 Å². The molecule has 2 aromatic rings. The monoisotopic (exact) mass is 489 g/mol. The van der Waals surface area contributed by atoms with Gasteiger partial charge in [0.2, 0.25) is 5.91 Å². The molecule has 0 saturated heterocycles. The zero-order chi connectivity index (χ0) is 22.8. The highest BCUT2D eigenvalue weighted by Crippen LogP contribution is 2.56. The molecule has 0 bridgehead atoms. The number of hydrogen-bond donors (Lipinski definition) is 2. The number of rotatable bonds is 1. The van der Waals surface area contributed by atoms with Crippen LogP contribution in [0.25, 0.3) is 0 Å². The van der Waals surface area contributed by atoms with Crippen molar-refractivity contribution < 1.29 is 9.59 Å². The Labute approximate surface area is 193 Å². The summed E-state index contributed by atoms with van der Waals surface area (Å²) in [5.41, 5.74) is 6.84. The molecule has 3 aliphatic rings. The van der Waals surface area contributed by atoms with Gasteiger partial charge in [-0.05, 0) is 46.0 Å². The highest BCUT2D eigenvalue weighted by molar-refractivity contribution is 9.10. The Morgan fingerprint density at radius 2 is 1.94 bits per heavy atom. The van der Waals surface area contributed by atoms with Crippen molar-refractivity contribution in [3.05, 3.63) is 75.3 Å². The van der Waals surface area contributed by atoms with Crippen LogP contribution in [0.4, 0.5) is 11.5 Å². The Morgan fingerprint density at radius 3 is 2.62 bits per heavy atom. The molecule has 1 aliphatic carbocycles. The number of Topliss-reactive ketones (excluding diaryl/α,β-unsaturated/α-hetero) is 1. The van der Waals surface area contributed by atoms with E-state index in [-0.39, 0.29) is 29.0 Å². The minimum absolute atomic E-state index is 0.0384. The largest absolute Gasteiger partial charge is 0.384 e. The summed E-state index contributed by atoms with van der Waals surface area (Å²) in [6.45, 7) is 4.02. The van der Waals surface area contributed by atoms with Crippen LogP contribution >= 0.6 is 15.9 Å². The molecule has 2 aliphatic heterocycles. The van der Waals surface area contributed by atoms with Crippen LogP contribution in [0.1, 0.15) is 32.3 Å². The maximum Gasteiger partial charge on any atom is 0.245 e. The standard InChI is InChI=1S/C24H20BrN5O2/c1-23(2)9-17-20(18(31)10-23)24(14-5-3-4-6-16(14)29-22(24)32)15(11-26)21(27)30(17)19-8-7-13(25)12-28-19/h3-8,12H,9-10,27H2,1-2H3,(H,29,32)/t24-/m0/s1. The van der Waals surface area contributed by atoms with Crippen molar-refractivity contribution in [2.24, 2.45) is 11.1 Å². The number of ketones is 1. The number of nitrogens with one attached hydrogen (secondary N) is 1. The number of hydrogen-bond acceptors (Lipinski definition) is 6. The number of para-hydroxylation sites is 1. The number of aromatic nitrogens is 1. The molecule has 32 heavy (non-hydrogen) atoms. The molecule has 1 aromatic heterocycles. The van der Waals surface area contributed by atoms with Crippen molar-refractivity contribution in [2.45, 2.75) is 32.1 Å². The second-order valence-corrected chi connectivity index (χ2v) is 9.97. The molecule has 3 heterocycles. The van der Waals surface area contributed by atoms with Gasteiger partial charge in [-0.3, -0.25) is 14.5 Å². The fourth-order valence-corrected chi connectivity index (χ4v) is 5.37. The first kappa shape index (κ1) is 20.5. The summed E-state index contributed by atoms with van der Waals surface area (Å²) in [6, 6.07) is 12.9. The van der Waals surface area contributed by atoms with Gasteiger partial charge in [0.25, 0.3) is 0 Å². The van der Waals surface area contributed by atoms with Gasteiger partial charge in [0, 0.05) is 39.6 Å². The van der Waals surface area contributed by atoms with Gasteiger partial charge in [-0.1, -0.05) is 32.0 Å². The predicted octanol–water partition coefficient (Wildman–Crippen LogP) is 3.89. The van der Waals surface area contributed by atoms with E-state index in [9.17, 15) is 14.9 Å². The lowest BCUT2D eigenvalue weighted by Crippen LogP contribution is -2.52. The zero-order valence-electron chi connectivity index (χ0n) is 17.6. The lowest BCUT2D eigenvalue weighted by Gasteiger charge is -2.46. The highest BCUT2D eigenvalue weighted by Gasteiger charge is 2.61. The van der Waals surface area contributed by atoms with E-state index < -0.39 is 11.3 Å². The molecule has 0 fully saturated rings. The number of benzene rings is 1. The molecule has 160 valence electrons. The fourth-order valence-electron chi connectivity index (χ4n) is 5.14. The molecular weight excluding hydrogens is 470 g/mol. The molecule has 3 N–H and O–H groups in total. The maximum absolute atomic E-state index is 13.7. The molecule has 5 rings (SSSR count). The average Bonchev–Trinajstić information content (AvgIpc) is 3.01. The first-order valence-corrected chi connectivity index (χ1v) is 11.0. The van der Waals surface area contributed by atoms with E-state index in [1.54, 1.807) is 41.4 Å². The molecule has 8 heteroatoms. The van der Waals surface area contributed by atoms with E-state index >= 15 is 0 Å². The number of pyridine rings is 1. The minimum atomic E-state index is -1.57. The van der Waals surface area contributed by atoms with Crippen LogP contribution in [0.5, 0.6) is 0 Å². The number of nitrogens with zero attached hydrogens (tertiary/aromatic N) is 3. The van der Waals surface area contributed by atoms with Crippen molar-refractivity contribution in [2.75, 3.05) is 10.2 Å². The Hall–Kier alpha value is -3.44. The first-order valence-electron chi connectivity index (χ1n) is 10.2. The van der Waals surface area contributed by atoms with Crippen LogP contribution in [0.3, 0.4) is 0 Å². The highest BCUT2D eigenvalue weighted by atomic mass is 79.9. The molecule has 0 saturated carbocycles. The van der Waals surface area contributed by atoms with Crippen LogP contribution in [-0.2, 0) is 15.0 Å². The van der Waals surface area contributed by atoms with Gasteiger partial charge in [-0.2, -0.15) is 5.26 Å². The van der Waals surface area contributed by atoms with E-state index in [1.807, 2.05) is 19.9 Å². The number of anilines is 2. The third kappa shape index (κ3) is 2.61. The summed E-state index contributed by atoms with van der Waals surface area (Å²) in [5.74, 6) is 0.00375. The molecule has 1 aromatic carbocycles. The Kier molecular flexibility index (Phi) is 4.33. The van der Waals surface area contributed by atoms with Crippen LogP contribution in [0.2, 0.25) is 0 Å². The number of fused-ring (bicyclic) bond motifs is 3. The van der Waals surface area contributed by atoms with Crippen LogP contribution in [0.15, 0.2) is 69.7 Å².